The number of hydrogen-bond donors (Lipinski definition) is 9. The molecule has 12 atom stereocenters. The van der Waals surface area contributed by atoms with E-state index in [0.29, 0.717) is 12.8 Å². The average Bonchev–Trinajstić information content (AvgIpc) is 3.35. The van der Waals surface area contributed by atoms with Crippen LogP contribution in [0.1, 0.15) is 251 Å². The van der Waals surface area contributed by atoms with Crippen LogP contribution in [0.3, 0.4) is 0 Å². The molecule has 14 nitrogen and oxygen atoms in total. The average molecular weight is 990 g/mol. The molecule has 4 unspecified atom stereocenters. The van der Waals surface area contributed by atoms with Gasteiger partial charge in [0.15, 0.2) is 12.6 Å². The van der Waals surface area contributed by atoms with Gasteiger partial charge < -0.3 is 65.1 Å². The SMILES string of the molecule is CCCCCCCCCCCCCCCCCCCCCCCCCC(=O)N[C@@H](CO[C@@H]1O[C@H](CO)[C@@H](O[C@@H]2O[C@H](CO)[C@H](O)C(O)C2O)C(O)C1O)[C@H](O)CCCCCCCCCCCCCC. The first-order valence-corrected chi connectivity index (χ1v) is 28.8. The Morgan fingerprint density at radius 1 is 0.464 bits per heavy atom. The summed E-state index contributed by atoms with van der Waals surface area (Å²) in [4.78, 5) is 13.2. The number of amides is 1. The molecule has 0 bridgehead atoms. The highest BCUT2D eigenvalue weighted by Crippen LogP contribution is 2.30. The van der Waals surface area contributed by atoms with Gasteiger partial charge in [0.25, 0.3) is 0 Å². The summed E-state index contributed by atoms with van der Waals surface area (Å²) in [5.41, 5.74) is 0. The zero-order chi connectivity index (χ0) is 50.3. The zero-order valence-electron chi connectivity index (χ0n) is 43.8. The van der Waals surface area contributed by atoms with E-state index in [4.69, 9.17) is 18.9 Å². The summed E-state index contributed by atoms with van der Waals surface area (Å²) in [7, 11) is 0. The van der Waals surface area contributed by atoms with Crippen molar-refractivity contribution in [2.75, 3.05) is 19.8 Å². The fraction of sp³-hybridized carbons (Fsp3) is 0.982. The van der Waals surface area contributed by atoms with E-state index >= 15 is 0 Å². The molecule has 2 aliphatic rings. The number of nitrogens with one attached hydrogen (secondary N) is 1. The number of hydrogen-bond acceptors (Lipinski definition) is 13. The van der Waals surface area contributed by atoms with Crippen LogP contribution >= 0.6 is 0 Å². The molecule has 0 aromatic heterocycles. The van der Waals surface area contributed by atoms with Gasteiger partial charge >= 0.3 is 0 Å². The number of carbonyl (C=O) groups excluding carboxylic acids is 1. The second kappa shape index (κ2) is 42.4. The predicted molar refractivity (Wildman–Crippen MR) is 272 cm³/mol. The molecule has 0 saturated carbocycles. The highest BCUT2D eigenvalue weighted by molar-refractivity contribution is 5.76. The third kappa shape index (κ3) is 28.9. The van der Waals surface area contributed by atoms with Crippen molar-refractivity contribution in [2.45, 2.75) is 325 Å². The Balaban J connectivity index is 1.72. The van der Waals surface area contributed by atoms with Crippen LogP contribution in [0.15, 0.2) is 0 Å². The Labute approximate surface area is 419 Å². The first-order chi connectivity index (χ1) is 33.6. The molecule has 2 fully saturated rings. The van der Waals surface area contributed by atoms with Gasteiger partial charge in [-0.15, -0.1) is 0 Å². The first kappa shape index (κ1) is 64.1. The molecule has 2 saturated heterocycles. The highest BCUT2D eigenvalue weighted by atomic mass is 16.7. The van der Waals surface area contributed by atoms with Gasteiger partial charge in [0.05, 0.1) is 32.0 Å². The van der Waals surface area contributed by atoms with Crippen LogP contribution in [0.4, 0.5) is 0 Å². The summed E-state index contributed by atoms with van der Waals surface area (Å²) in [6.45, 7) is 2.88. The van der Waals surface area contributed by atoms with E-state index < -0.39 is 86.8 Å². The molecular weight excluding hydrogens is 883 g/mol. The fourth-order valence-electron chi connectivity index (χ4n) is 9.89. The summed E-state index contributed by atoms with van der Waals surface area (Å²) in [5, 5.41) is 87.0. The lowest BCUT2D eigenvalue weighted by Gasteiger charge is -2.46. The molecule has 9 N–H and O–H groups in total. The molecule has 14 heteroatoms. The summed E-state index contributed by atoms with van der Waals surface area (Å²) in [6, 6.07) is -0.821. The van der Waals surface area contributed by atoms with Gasteiger partial charge in [-0.05, 0) is 12.8 Å². The summed E-state index contributed by atoms with van der Waals surface area (Å²) < 4.78 is 22.8. The number of unbranched alkanes of at least 4 members (excludes halogenated alkanes) is 33. The van der Waals surface area contributed by atoms with Gasteiger partial charge in [-0.1, -0.05) is 232 Å². The fourth-order valence-corrected chi connectivity index (χ4v) is 9.89. The second-order valence-electron chi connectivity index (χ2n) is 20.8. The van der Waals surface area contributed by atoms with Crippen LogP contribution in [0.25, 0.3) is 0 Å². The van der Waals surface area contributed by atoms with Gasteiger partial charge in [-0.25, -0.2) is 0 Å². The van der Waals surface area contributed by atoms with Gasteiger partial charge in [-0.3, -0.25) is 4.79 Å². The van der Waals surface area contributed by atoms with Crippen molar-refractivity contribution >= 4 is 5.91 Å². The van der Waals surface area contributed by atoms with Crippen LogP contribution in [0, 0.1) is 0 Å². The Bertz CT molecular complexity index is 1170. The lowest BCUT2D eigenvalue weighted by atomic mass is 9.97. The van der Waals surface area contributed by atoms with E-state index in [0.717, 1.165) is 51.4 Å². The minimum atomic E-state index is -1.78. The van der Waals surface area contributed by atoms with Crippen molar-refractivity contribution in [2.24, 2.45) is 0 Å². The number of aliphatic hydroxyl groups is 8. The second-order valence-corrected chi connectivity index (χ2v) is 20.8. The van der Waals surface area contributed by atoms with E-state index in [-0.39, 0.29) is 12.5 Å². The quantitative estimate of drug-likeness (QED) is 0.0260. The molecule has 69 heavy (non-hydrogen) atoms. The van der Waals surface area contributed by atoms with Gasteiger partial charge in [0, 0.05) is 6.42 Å². The Morgan fingerprint density at radius 2 is 0.826 bits per heavy atom. The largest absolute Gasteiger partial charge is 0.394 e. The normalized spacial score (nSPS) is 26.1. The molecule has 2 aliphatic heterocycles. The molecule has 2 rings (SSSR count). The molecule has 0 spiro atoms. The van der Waals surface area contributed by atoms with Gasteiger partial charge in [0.1, 0.15) is 48.8 Å². The topological polar surface area (TPSA) is 228 Å². The Hall–Kier alpha value is -1.01. The van der Waals surface area contributed by atoms with E-state index in [2.05, 4.69) is 19.2 Å². The van der Waals surface area contributed by atoms with Crippen molar-refractivity contribution in [1.29, 1.82) is 0 Å². The maximum Gasteiger partial charge on any atom is 0.220 e. The van der Waals surface area contributed by atoms with Gasteiger partial charge in [0.2, 0.25) is 5.91 Å². The Morgan fingerprint density at radius 3 is 1.23 bits per heavy atom. The number of rotatable bonds is 46. The van der Waals surface area contributed by atoms with E-state index in [9.17, 15) is 45.6 Å². The minimum Gasteiger partial charge on any atom is -0.394 e. The standard InChI is InChI=1S/C55H107NO13/c1-3-5-7-9-11-13-15-17-18-19-20-21-22-23-24-25-26-27-29-31-33-35-37-39-47(60)56-43(44(59)38-36-34-32-30-28-16-14-12-10-8-6-4-2)42-66-54-52(65)50(63)53(46(41-58)68-54)69-55-51(64)49(62)48(61)45(40-57)67-55/h43-46,48-55,57-59,61-65H,3-42H2,1-2H3,(H,56,60)/t43-,44+,45+,46+,48-,49?,50?,51?,52?,53+,54+,55-/m0/s1. The third-order valence-electron chi connectivity index (χ3n) is 14.6. The van der Waals surface area contributed by atoms with Crippen molar-refractivity contribution in [1.82, 2.24) is 5.32 Å². The van der Waals surface area contributed by atoms with E-state index in [1.54, 1.807) is 0 Å². The number of carbonyl (C=O) groups is 1. The van der Waals surface area contributed by atoms with Crippen LogP contribution in [-0.2, 0) is 23.7 Å². The molecule has 0 aliphatic carbocycles. The lowest BCUT2D eigenvalue weighted by Crippen LogP contribution is -2.65. The number of ether oxygens (including phenoxy) is 4. The highest BCUT2D eigenvalue weighted by Gasteiger charge is 2.51. The lowest BCUT2D eigenvalue weighted by molar-refractivity contribution is -0.359. The molecule has 0 aromatic carbocycles. The molecular formula is C55H107NO13. The van der Waals surface area contributed by atoms with E-state index in [1.807, 2.05) is 0 Å². The maximum atomic E-state index is 13.2. The van der Waals surface area contributed by atoms with Crippen LogP contribution < -0.4 is 5.32 Å². The summed E-state index contributed by atoms with van der Waals surface area (Å²) in [5.74, 6) is -0.202. The zero-order valence-corrected chi connectivity index (χ0v) is 43.8. The molecule has 410 valence electrons. The van der Waals surface area contributed by atoms with E-state index in [1.165, 1.54) is 173 Å². The van der Waals surface area contributed by atoms with Crippen molar-refractivity contribution in [3.63, 3.8) is 0 Å². The predicted octanol–water partition coefficient (Wildman–Crippen LogP) is 8.95. The molecule has 0 aromatic rings. The van der Waals surface area contributed by atoms with Crippen LogP contribution in [0.2, 0.25) is 0 Å². The smallest absolute Gasteiger partial charge is 0.220 e. The number of aliphatic hydroxyl groups excluding tert-OH is 8. The van der Waals surface area contributed by atoms with Crippen LogP contribution in [0.5, 0.6) is 0 Å². The summed E-state index contributed by atoms with van der Waals surface area (Å²) >= 11 is 0. The molecule has 0 radical (unpaired) electrons. The van der Waals surface area contributed by atoms with Crippen molar-refractivity contribution < 1.29 is 64.6 Å². The first-order valence-electron chi connectivity index (χ1n) is 28.8. The maximum absolute atomic E-state index is 13.2. The monoisotopic (exact) mass is 990 g/mol. The molecule has 1 amide bonds. The summed E-state index contributed by atoms with van der Waals surface area (Å²) in [6.07, 6.45) is 28.3. The van der Waals surface area contributed by atoms with Crippen molar-refractivity contribution in [3.05, 3.63) is 0 Å². The van der Waals surface area contributed by atoms with Gasteiger partial charge in [-0.2, -0.15) is 0 Å². The third-order valence-corrected chi connectivity index (χ3v) is 14.6. The minimum absolute atomic E-state index is 0.202. The van der Waals surface area contributed by atoms with Crippen molar-refractivity contribution in [3.8, 4) is 0 Å². The van der Waals surface area contributed by atoms with Crippen LogP contribution in [-0.4, -0.2) is 140 Å². The Kier molecular flexibility index (Phi) is 39.4. The molecule has 2 heterocycles.